The first-order valence-electron chi connectivity index (χ1n) is 7.54. The first kappa shape index (κ1) is 17.1. The van der Waals surface area contributed by atoms with Crippen LogP contribution in [-0.2, 0) is 11.3 Å². The van der Waals surface area contributed by atoms with Crippen LogP contribution in [0.5, 0.6) is 0 Å². The van der Waals surface area contributed by atoms with Gasteiger partial charge in [-0.2, -0.15) is 0 Å². The summed E-state index contributed by atoms with van der Waals surface area (Å²) in [4.78, 5) is 16.4. The summed E-state index contributed by atoms with van der Waals surface area (Å²) in [7, 11) is 3.33. The van der Waals surface area contributed by atoms with Gasteiger partial charge in [0, 0.05) is 34.7 Å². The summed E-state index contributed by atoms with van der Waals surface area (Å²) in [6.07, 6.45) is 0. The molecule has 0 aliphatic heterocycles. The van der Waals surface area contributed by atoms with Crippen LogP contribution in [0.25, 0.3) is 10.1 Å². The molecule has 126 valence electrons. The zero-order valence-corrected chi connectivity index (χ0v) is 15.3. The molecule has 0 bridgehead atoms. The zero-order chi connectivity index (χ0) is 17.3. The van der Waals surface area contributed by atoms with Crippen molar-refractivity contribution in [1.29, 1.82) is 0 Å². The number of amides is 1. The highest BCUT2D eigenvalue weighted by Crippen LogP contribution is 2.36. The molecule has 0 aliphatic carbocycles. The maximum Gasteiger partial charge on any atom is 0.264 e. The summed E-state index contributed by atoms with van der Waals surface area (Å²) in [6, 6.07) is 8.86. The van der Waals surface area contributed by atoms with Crippen LogP contribution >= 0.6 is 22.7 Å². The summed E-state index contributed by atoms with van der Waals surface area (Å²) in [5, 5.41) is 2.49. The Kier molecular flexibility index (Phi) is 4.99. The van der Waals surface area contributed by atoms with Crippen molar-refractivity contribution in [3.63, 3.8) is 0 Å². The average molecular weight is 363 g/mol. The second-order valence-corrected chi connectivity index (χ2v) is 7.59. The second kappa shape index (κ2) is 7.01. The third-order valence-electron chi connectivity index (χ3n) is 4.10. The second-order valence-electron chi connectivity index (χ2n) is 5.56. The molecule has 0 saturated carbocycles. The number of carbonyl (C=O) groups excluding carboxylic acids is 1. The van der Waals surface area contributed by atoms with Crippen LogP contribution in [0.1, 0.15) is 33.1 Å². The number of nitrogens with zero attached hydrogens (tertiary/aromatic N) is 1. The van der Waals surface area contributed by atoms with Crippen molar-refractivity contribution in [2.45, 2.75) is 19.6 Å². The van der Waals surface area contributed by atoms with Crippen molar-refractivity contribution in [2.24, 2.45) is 0 Å². The van der Waals surface area contributed by atoms with E-state index in [-0.39, 0.29) is 24.4 Å². The lowest BCUT2D eigenvalue weighted by Crippen LogP contribution is -2.29. The smallest absolute Gasteiger partial charge is 0.264 e. The fourth-order valence-corrected chi connectivity index (χ4v) is 4.71. The van der Waals surface area contributed by atoms with Gasteiger partial charge in [-0.15, -0.1) is 22.7 Å². The highest BCUT2D eigenvalue weighted by molar-refractivity contribution is 7.21. The van der Waals surface area contributed by atoms with Crippen molar-refractivity contribution in [2.75, 3.05) is 14.2 Å². The number of benzene rings is 1. The van der Waals surface area contributed by atoms with Crippen molar-refractivity contribution in [3.8, 4) is 0 Å². The highest BCUT2D eigenvalue weighted by atomic mass is 32.1. The molecule has 0 N–H and O–H groups in total. The van der Waals surface area contributed by atoms with Gasteiger partial charge in [-0.3, -0.25) is 4.79 Å². The molecule has 0 spiro atoms. The Labute approximate surface area is 148 Å². The lowest BCUT2D eigenvalue weighted by Gasteiger charge is -2.24. The molecule has 0 radical (unpaired) electrons. The molecule has 3 nitrogen and oxygen atoms in total. The molecule has 0 fully saturated rings. The van der Waals surface area contributed by atoms with Crippen LogP contribution in [0.15, 0.2) is 35.7 Å². The molecule has 2 aromatic heterocycles. The van der Waals surface area contributed by atoms with E-state index in [1.165, 1.54) is 17.4 Å². The minimum absolute atomic E-state index is 0.0389. The zero-order valence-electron chi connectivity index (χ0n) is 13.7. The van der Waals surface area contributed by atoms with E-state index in [9.17, 15) is 9.18 Å². The molecule has 0 saturated heterocycles. The van der Waals surface area contributed by atoms with E-state index in [1.54, 1.807) is 36.5 Å². The van der Waals surface area contributed by atoms with Gasteiger partial charge in [0.1, 0.15) is 5.82 Å². The molecule has 1 aromatic carbocycles. The molecule has 6 heteroatoms. The predicted octanol–water partition coefficient (Wildman–Crippen LogP) is 5.08. The van der Waals surface area contributed by atoms with E-state index in [4.69, 9.17) is 4.74 Å². The topological polar surface area (TPSA) is 29.5 Å². The quantitative estimate of drug-likeness (QED) is 0.632. The minimum atomic E-state index is -0.316. The van der Waals surface area contributed by atoms with Crippen LogP contribution in [0.3, 0.4) is 0 Å². The number of carbonyl (C=O) groups is 1. The van der Waals surface area contributed by atoms with Crippen molar-refractivity contribution in [1.82, 2.24) is 4.90 Å². The standard InChI is InChI=1S/C18H18FNO2S2/c1-11(14-8-5-9-23-14)20(2)18(21)17-12(10-22-3)16-13(19)6-4-7-15(16)24-17/h4-9,11H,10H2,1-3H3. The van der Waals surface area contributed by atoms with Gasteiger partial charge in [-0.05, 0) is 30.5 Å². The van der Waals surface area contributed by atoms with Crippen molar-refractivity contribution >= 4 is 38.7 Å². The van der Waals surface area contributed by atoms with Gasteiger partial charge in [-0.25, -0.2) is 4.39 Å². The summed E-state index contributed by atoms with van der Waals surface area (Å²) in [6.45, 7) is 2.21. The lowest BCUT2D eigenvalue weighted by molar-refractivity contribution is 0.0745. The Balaban J connectivity index is 2.03. The van der Waals surface area contributed by atoms with Crippen LogP contribution < -0.4 is 0 Å². The number of methoxy groups -OCH3 is 1. The number of thiophene rings is 2. The van der Waals surface area contributed by atoms with Gasteiger partial charge in [0.05, 0.1) is 17.5 Å². The summed E-state index contributed by atoms with van der Waals surface area (Å²) in [5.74, 6) is -0.424. The summed E-state index contributed by atoms with van der Waals surface area (Å²) in [5.41, 5.74) is 0.630. The van der Waals surface area contributed by atoms with Crippen molar-refractivity contribution in [3.05, 3.63) is 56.8 Å². The van der Waals surface area contributed by atoms with Gasteiger partial charge in [0.15, 0.2) is 0 Å². The van der Waals surface area contributed by atoms with Crippen LogP contribution in [0.4, 0.5) is 4.39 Å². The molecular formula is C18H18FNO2S2. The van der Waals surface area contributed by atoms with Crippen LogP contribution in [0.2, 0.25) is 0 Å². The number of ether oxygens (including phenoxy) is 1. The first-order chi connectivity index (χ1) is 11.5. The minimum Gasteiger partial charge on any atom is -0.380 e. The highest BCUT2D eigenvalue weighted by Gasteiger charge is 2.26. The molecule has 3 aromatic rings. The Morgan fingerprint density at radius 2 is 2.12 bits per heavy atom. The van der Waals surface area contributed by atoms with Gasteiger partial charge in [0.2, 0.25) is 0 Å². The summed E-state index contributed by atoms with van der Waals surface area (Å²) < 4.78 is 20.2. The normalized spacial score (nSPS) is 12.5. The molecule has 1 atom stereocenters. The third-order valence-corrected chi connectivity index (χ3v) is 6.33. The van der Waals surface area contributed by atoms with E-state index in [1.807, 2.05) is 30.5 Å². The van der Waals surface area contributed by atoms with E-state index in [2.05, 4.69) is 0 Å². The maximum atomic E-state index is 14.3. The number of hydrogen-bond donors (Lipinski definition) is 0. The van der Waals surface area contributed by atoms with E-state index >= 15 is 0 Å². The van der Waals surface area contributed by atoms with Crippen LogP contribution in [0, 0.1) is 5.82 Å². The van der Waals surface area contributed by atoms with Crippen molar-refractivity contribution < 1.29 is 13.9 Å². The summed E-state index contributed by atoms with van der Waals surface area (Å²) >= 11 is 2.94. The van der Waals surface area contributed by atoms with E-state index in [0.717, 1.165) is 9.58 Å². The molecular weight excluding hydrogens is 345 g/mol. The number of fused-ring (bicyclic) bond motifs is 1. The SMILES string of the molecule is COCc1c(C(=O)N(C)C(C)c2cccs2)sc2cccc(F)c12. The molecule has 24 heavy (non-hydrogen) atoms. The fraction of sp³-hybridized carbons (Fsp3) is 0.278. The Bertz CT molecular complexity index is 857. The molecule has 2 heterocycles. The molecule has 1 amide bonds. The van der Waals surface area contributed by atoms with E-state index < -0.39 is 0 Å². The lowest BCUT2D eigenvalue weighted by atomic mass is 10.1. The van der Waals surface area contributed by atoms with Crippen LogP contribution in [-0.4, -0.2) is 25.0 Å². The Hall–Kier alpha value is -1.76. The fourth-order valence-electron chi connectivity index (χ4n) is 2.68. The van der Waals surface area contributed by atoms with Gasteiger partial charge >= 0.3 is 0 Å². The predicted molar refractivity (Wildman–Crippen MR) is 97.3 cm³/mol. The van der Waals surface area contributed by atoms with Gasteiger partial charge in [0.25, 0.3) is 5.91 Å². The Morgan fingerprint density at radius 3 is 2.79 bits per heavy atom. The molecule has 3 rings (SSSR count). The largest absolute Gasteiger partial charge is 0.380 e. The number of hydrogen-bond acceptors (Lipinski definition) is 4. The van der Waals surface area contributed by atoms with E-state index in [0.29, 0.717) is 15.8 Å². The third kappa shape index (κ3) is 2.97. The maximum absolute atomic E-state index is 14.3. The molecule has 1 unspecified atom stereocenters. The van der Waals surface area contributed by atoms with Gasteiger partial charge < -0.3 is 9.64 Å². The monoisotopic (exact) mass is 363 g/mol. The first-order valence-corrected chi connectivity index (χ1v) is 9.23. The van der Waals surface area contributed by atoms with Gasteiger partial charge in [-0.1, -0.05) is 12.1 Å². The molecule has 0 aliphatic rings. The number of rotatable bonds is 5. The number of halogens is 1. The Morgan fingerprint density at radius 1 is 1.33 bits per heavy atom. The average Bonchev–Trinajstić information content (AvgIpc) is 3.22.